The lowest BCUT2D eigenvalue weighted by Crippen LogP contribution is -2.50. The van der Waals surface area contributed by atoms with Crippen molar-refractivity contribution in [3.05, 3.63) is 15.6 Å². The molecule has 1 rings (SSSR count). The second-order valence-electron chi connectivity index (χ2n) is 4.54. The molecule has 0 aliphatic heterocycles. The van der Waals surface area contributed by atoms with Gasteiger partial charge in [0, 0.05) is 24.4 Å². The van der Waals surface area contributed by atoms with Gasteiger partial charge < -0.3 is 10.5 Å². The minimum Gasteiger partial charge on any atom is -0.377 e. The van der Waals surface area contributed by atoms with Crippen molar-refractivity contribution in [1.29, 1.82) is 0 Å². The van der Waals surface area contributed by atoms with Crippen LogP contribution in [0.3, 0.4) is 0 Å². The van der Waals surface area contributed by atoms with Crippen molar-refractivity contribution in [3.8, 4) is 0 Å². The van der Waals surface area contributed by atoms with E-state index in [4.69, 9.17) is 10.5 Å². The third kappa shape index (κ3) is 3.06. The van der Waals surface area contributed by atoms with Crippen LogP contribution < -0.4 is 5.73 Å². The van der Waals surface area contributed by atoms with E-state index in [9.17, 15) is 0 Å². The van der Waals surface area contributed by atoms with E-state index in [0.29, 0.717) is 0 Å². The summed E-state index contributed by atoms with van der Waals surface area (Å²) in [5, 5.41) is 1.12. The third-order valence-corrected chi connectivity index (χ3v) is 4.84. The van der Waals surface area contributed by atoms with E-state index in [-0.39, 0.29) is 11.6 Å². The fraction of sp³-hybridized carbons (Fsp3) is 0.769. The van der Waals surface area contributed by atoms with Crippen molar-refractivity contribution in [3.63, 3.8) is 0 Å². The van der Waals surface area contributed by atoms with Crippen LogP contribution in [-0.2, 0) is 11.2 Å². The van der Waals surface area contributed by atoms with Gasteiger partial charge in [0.05, 0.1) is 16.3 Å². The van der Waals surface area contributed by atoms with Gasteiger partial charge in [-0.1, -0.05) is 13.8 Å². The first-order valence-electron chi connectivity index (χ1n) is 6.22. The Bertz CT molecular complexity index is 331. The number of nitrogens with two attached hydrogens (primary N) is 1. The molecule has 0 aliphatic rings. The van der Waals surface area contributed by atoms with Crippen molar-refractivity contribution in [2.45, 2.75) is 58.6 Å². The summed E-state index contributed by atoms with van der Waals surface area (Å²) in [5.41, 5.74) is 7.22. The molecule has 0 saturated carbocycles. The zero-order valence-electron chi connectivity index (χ0n) is 11.5. The van der Waals surface area contributed by atoms with E-state index in [1.54, 1.807) is 18.4 Å². The molecule has 0 radical (unpaired) electrons. The maximum absolute atomic E-state index is 6.32. The topological polar surface area (TPSA) is 48.1 Å². The Kier molecular flexibility index (Phi) is 5.10. The van der Waals surface area contributed by atoms with Gasteiger partial charge in [-0.2, -0.15) is 0 Å². The molecule has 0 spiro atoms. The first kappa shape index (κ1) is 14.6. The summed E-state index contributed by atoms with van der Waals surface area (Å²) in [6.07, 6.45) is 2.67. The highest BCUT2D eigenvalue weighted by molar-refractivity contribution is 7.11. The quantitative estimate of drug-likeness (QED) is 0.851. The van der Waals surface area contributed by atoms with Crippen molar-refractivity contribution in [2.24, 2.45) is 5.73 Å². The molecule has 1 atom stereocenters. The Morgan fingerprint density at radius 2 is 1.94 bits per heavy atom. The first-order valence-corrected chi connectivity index (χ1v) is 7.04. The molecule has 3 nitrogen and oxygen atoms in total. The van der Waals surface area contributed by atoms with Gasteiger partial charge in [0.25, 0.3) is 0 Å². The summed E-state index contributed by atoms with van der Waals surface area (Å²) in [4.78, 5) is 5.83. The highest BCUT2D eigenvalue weighted by atomic mass is 32.1. The number of methoxy groups -OCH3 is 1. The van der Waals surface area contributed by atoms with Crippen molar-refractivity contribution in [2.75, 3.05) is 7.11 Å². The lowest BCUT2D eigenvalue weighted by molar-refractivity contribution is -0.0374. The van der Waals surface area contributed by atoms with Crippen molar-refractivity contribution in [1.82, 2.24) is 4.98 Å². The molecular weight excluding hydrogens is 232 g/mol. The molecule has 1 aromatic heterocycles. The Morgan fingerprint density at radius 1 is 1.35 bits per heavy atom. The second kappa shape index (κ2) is 5.94. The molecule has 2 N–H and O–H groups in total. The molecular formula is C13H24N2OS. The molecule has 0 aliphatic carbocycles. The lowest BCUT2D eigenvalue weighted by Gasteiger charge is -2.35. The number of aryl methyl sites for hydroxylation is 2. The fourth-order valence-corrected chi connectivity index (χ4v) is 3.21. The molecule has 4 heteroatoms. The average molecular weight is 256 g/mol. The number of aromatic nitrogens is 1. The molecule has 0 bridgehead atoms. The Labute approximate surface area is 108 Å². The van der Waals surface area contributed by atoms with Crippen molar-refractivity contribution < 1.29 is 4.74 Å². The van der Waals surface area contributed by atoms with Crippen LogP contribution in [0.4, 0.5) is 0 Å². The summed E-state index contributed by atoms with van der Waals surface area (Å²) < 4.78 is 5.66. The van der Waals surface area contributed by atoms with Crippen LogP contribution in [0.2, 0.25) is 0 Å². The van der Waals surface area contributed by atoms with Crippen LogP contribution in [0.1, 0.15) is 42.3 Å². The van der Waals surface area contributed by atoms with E-state index in [1.165, 1.54) is 4.88 Å². The summed E-state index contributed by atoms with van der Waals surface area (Å²) in [5.74, 6) is 0. The van der Waals surface area contributed by atoms with E-state index < -0.39 is 0 Å². The van der Waals surface area contributed by atoms with Crippen LogP contribution in [0, 0.1) is 13.8 Å². The number of rotatable bonds is 6. The van der Waals surface area contributed by atoms with Crippen LogP contribution >= 0.6 is 11.3 Å². The van der Waals surface area contributed by atoms with Gasteiger partial charge in [-0.25, -0.2) is 4.98 Å². The highest BCUT2D eigenvalue weighted by Gasteiger charge is 2.33. The van der Waals surface area contributed by atoms with Gasteiger partial charge in [0.2, 0.25) is 0 Å². The normalized spacial score (nSPS) is 14.0. The second-order valence-corrected chi connectivity index (χ2v) is 5.82. The van der Waals surface area contributed by atoms with Gasteiger partial charge in [-0.15, -0.1) is 11.3 Å². The van der Waals surface area contributed by atoms with E-state index >= 15 is 0 Å². The molecule has 98 valence electrons. The number of hydrogen-bond acceptors (Lipinski definition) is 4. The standard InChI is InChI=1S/C13H24N2OS/c1-6-13(7-2,16-5)11(14)8-12-15-9(3)10(4)17-12/h11H,6-8,14H2,1-5H3. The molecule has 1 aromatic rings. The maximum atomic E-state index is 6.32. The SMILES string of the molecule is CCC(CC)(OC)C(N)Cc1nc(C)c(C)s1. The highest BCUT2D eigenvalue weighted by Crippen LogP contribution is 2.27. The minimum absolute atomic E-state index is 0.00690. The summed E-state index contributed by atoms with van der Waals surface area (Å²) in [6.45, 7) is 8.41. The zero-order chi connectivity index (χ0) is 13.1. The van der Waals surface area contributed by atoms with E-state index in [2.05, 4.69) is 25.8 Å². The van der Waals surface area contributed by atoms with Crippen LogP contribution in [-0.4, -0.2) is 23.7 Å². The first-order chi connectivity index (χ1) is 7.99. The number of ether oxygens (including phenoxy) is 1. The lowest BCUT2D eigenvalue weighted by atomic mass is 9.87. The number of thiazole rings is 1. The molecule has 0 saturated heterocycles. The summed E-state index contributed by atoms with van der Waals surface area (Å²) >= 11 is 1.74. The van der Waals surface area contributed by atoms with E-state index in [0.717, 1.165) is 30.0 Å². The van der Waals surface area contributed by atoms with Gasteiger partial charge in [-0.3, -0.25) is 0 Å². The Hall–Kier alpha value is -0.450. The Balaban J connectivity index is 2.79. The van der Waals surface area contributed by atoms with E-state index in [1.807, 2.05) is 6.92 Å². The largest absolute Gasteiger partial charge is 0.377 e. The van der Waals surface area contributed by atoms with Crippen LogP contribution in [0.15, 0.2) is 0 Å². The summed E-state index contributed by atoms with van der Waals surface area (Å²) in [6, 6.07) is 0.00690. The number of hydrogen-bond donors (Lipinski definition) is 1. The van der Waals surface area contributed by atoms with Gasteiger partial charge >= 0.3 is 0 Å². The number of nitrogens with zero attached hydrogens (tertiary/aromatic N) is 1. The molecule has 0 amide bonds. The molecule has 1 heterocycles. The fourth-order valence-electron chi connectivity index (χ4n) is 2.22. The van der Waals surface area contributed by atoms with Gasteiger partial charge in [0.1, 0.15) is 0 Å². The van der Waals surface area contributed by atoms with Crippen molar-refractivity contribution >= 4 is 11.3 Å². The van der Waals surface area contributed by atoms with Gasteiger partial charge in [0.15, 0.2) is 0 Å². The molecule has 1 unspecified atom stereocenters. The van der Waals surface area contributed by atoms with Crippen LogP contribution in [0.5, 0.6) is 0 Å². The summed E-state index contributed by atoms with van der Waals surface area (Å²) in [7, 11) is 1.76. The maximum Gasteiger partial charge on any atom is 0.0947 e. The molecule has 17 heavy (non-hydrogen) atoms. The third-order valence-electron chi connectivity index (χ3n) is 3.75. The zero-order valence-corrected chi connectivity index (χ0v) is 12.4. The minimum atomic E-state index is -0.215. The Morgan fingerprint density at radius 3 is 2.29 bits per heavy atom. The van der Waals surface area contributed by atoms with Gasteiger partial charge in [-0.05, 0) is 26.7 Å². The smallest absolute Gasteiger partial charge is 0.0947 e. The van der Waals surface area contributed by atoms with Crippen LogP contribution in [0.25, 0.3) is 0 Å². The predicted octanol–water partition coefficient (Wildman–Crippen LogP) is 2.83. The monoisotopic (exact) mass is 256 g/mol. The molecule has 0 fully saturated rings. The predicted molar refractivity (Wildman–Crippen MR) is 73.6 cm³/mol. The average Bonchev–Trinajstić information content (AvgIpc) is 2.61. The molecule has 0 aromatic carbocycles.